The molecular formula is C31H52N4O7. The van der Waals surface area contributed by atoms with Gasteiger partial charge in [-0.1, -0.05) is 98.0 Å². The lowest BCUT2D eigenvalue weighted by Crippen LogP contribution is -2.57. The second-order valence-corrected chi connectivity index (χ2v) is 11.4. The number of nitrogens with zero attached hydrogens (tertiary/aromatic N) is 1. The Bertz CT molecular complexity index is 952. The quantitative estimate of drug-likeness (QED) is 0.167. The van der Waals surface area contributed by atoms with Crippen LogP contribution in [0.3, 0.4) is 0 Å². The molecule has 0 spiro atoms. The lowest BCUT2D eigenvalue weighted by atomic mass is 9.88. The van der Waals surface area contributed by atoms with Crippen molar-refractivity contribution in [1.82, 2.24) is 15.5 Å². The second-order valence-electron chi connectivity index (χ2n) is 11.4. The molecular weight excluding hydrogens is 540 g/mol. The van der Waals surface area contributed by atoms with E-state index < -0.39 is 60.3 Å². The van der Waals surface area contributed by atoms with Crippen LogP contribution in [0.25, 0.3) is 0 Å². The summed E-state index contributed by atoms with van der Waals surface area (Å²) in [6.07, 6.45) is 13.2. The summed E-state index contributed by atoms with van der Waals surface area (Å²) in [6.45, 7) is 8.95. The average molecular weight is 593 g/mol. The molecule has 0 fully saturated rings. The van der Waals surface area contributed by atoms with Crippen LogP contribution in [0.4, 0.5) is 0 Å². The Kier molecular flexibility index (Phi) is 17.4. The standard InChI is InChI=1S/C31H52N4O7/c1-6-7-8-9-10-11-12-13-14-15-16-17-21(2)28-23(4)30(40)33-22(3)18-19-25(37)35(5)20-24(36)34-26(31(41)42-28)27(38)29(32)39/h18-19,21,23,26-28,38H,3,6-17,20H2,1-2,4-5H3,(H2,32,39)(H,33,40)(H,34,36)/t21?,23-,26-,27?,28-/m0/s1. The topological polar surface area (TPSA) is 168 Å². The number of likely N-dealkylation sites (N-methyl/N-ethyl adjacent to an activating group) is 1. The van der Waals surface area contributed by atoms with Crippen LogP contribution in [-0.2, 0) is 28.7 Å². The third-order valence-electron chi connectivity index (χ3n) is 7.63. The Hall–Kier alpha value is -3.21. The van der Waals surface area contributed by atoms with Crippen molar-refractivity contribution in [2.75, 3.05) is 13.6 Å². The number of nitrogens with one attached hydrogen (secondary N) is 2. The molecule has 2 unspecified atom stereocenters. The first-order valence-corrected chi connectivity index (χ1v) is 15.3. The molecule has 0 aliphatic carbocycles. The fourth-order valence-corrected chi connectivity index (χ4v) is 4.92. The number of nitrogens with two attached hydrogens (primary N) is 1. The molecule has 0 saturated heterocycles. The van der Waals surface area contributed by atoms with Crippen molar-refractivity contribution in [2.45, 2.75) is 116 Å². The van der Waals surface area contributed by atoms with Crippen LogP contribution in [-0.4, -0.2) is 71.4 Å². The van der Waals surface area contributed by atoms with Gasteiger partial charge in [-0.15, -0.1) is 0 Å². The number of ether oxygens (including phenoxy) is 1. The smallest absolute Gasteiger partial charge is 0.332 e. The van der Waals surface area contributed by atoms with Gasteiger partial charge in [0.15, 0.2) is 12.1 Å². The minimum absolute atomic E-state index is 0.151. The lowest BCUT2D eigenvalue weighted by molar-refractivity contribution is -0.165. The molecule has 0 bridgehead atoms. The van der Waals surface area contributed by atoms with Crippen LogP contribution in [0.15, 0.2) is 24.4 Å². The van der Waals surface area contributed by atoms with Gasteiger partial charge in [0.25, 0.3) is 0 Å². The summed E-state index contributed by atoms with van der Waals surface area (Å²) in [5, 5.41) is 15.2. The van der Waals surface area contributed by atoms with Gasteiger partial charge in [-0.3, -0.25) is 19.2 Å². The first kappa shape index (κ1) is 36.8. The molecule has 4 amide bonds. The molecule has 1 heterocycles. The van der Waals surface area contributed by atoms with E-state index in [2.05, 4.69) is 24.1 Å². The van der Waals surface area contributed by atoms with Gasteiger partial charge in [-0.25, -0.2) is 4.79 Å². The Balaban J connectivity index is 2.96. The molecule has 0 radical (unpaired) electrons. The highest BCUT2D eigenvalue weighted by Crippen LogP contribution is 2.25. The predicted molar refractivity (Wildman–Crippen MR) is 160 cm³/mol. The summed E-state index contributed by atoms with van der Waals surface area (Å²) in [4.78, 5) is 64.1. The van der Waals surface area contributed by atoms with E-state index in [0.717, 1.165) is 30.2 Å². The van der Waals surface area contributed by atoms with Crippen molar-refractivity contribution in [3.05, 3.63) is 24.4 Å². The molecule has 1 aliphatic rings. The SMILES string of the molecule is C=C1C=CC(=O)N(C)CC(=O)N[C@@H](C(O)C(N)=O)C(=O)O[C@@H](C(C)CCCCCCCCCCCCC)[C@H](C)C(=O)N1. The van der Waals surface area contributed by atoms with E-state index in [-0.39, 0.29) is 11.6 Å². The number of cyclic esters (lactones) is 1. The van der Waals surface area contributed by atoms with Gasteiger partial charge in [0.2, 0.25) is 23.6 Å². The first-order chi connectivity index (χ1) is 19.9. The monoisotopic (exact) mass is 592 g/mol. The Labute approximate surface area is 250 Å². The number of aliphatic hydroxyl groups excluding tert-OH is 1. The molecule has 0 saturated carbocycles. The zero-order valence-corrected chi connectivity index (χ0v) is 25.9. The van der Waals surface area contributed by atoms with Crippen LogP contribution in [0.5, 0.6) is 0 Å². The fraction of sp³-hybridized carbons (Fsp3) is 0.710. The van der Waals surface area contributed by atoms with Crippen LogP contribution in [0.2, 0.25) is 0 Å². The molecule has 42 heavy (non-hydrogen) atoms. The molecule has 0 aromatic heterocycles. The molecule has 1 rings (SSSR count). The number of aliphatic hydroxyl groups is 1. The van der Waals surface area contributed by atoms with E-state index in [0.29, 0.717) is 6.42 Å². The van der Waals surface area contributed by atoms with E-state index in [9.17, 15) is 29.1 Å². The highest BCUT2D eigenvalue weighted by atomic mass is 16.5. The molecule has 0 aromatic rings. The number of hydrogen-bond donors (Lipinski definition) is 4. The van der Waals surface area contributed by atoms with E-state index in [4.69, 9.17) is 10.5 Å². The average Bonchev–Trinajstić information content (AvgIpc) is 2.94. The number of allylic oxidation sites excluding steroid dienone is 1. The number of amides is 4. The minimum Gasteiger partial charge on any atom is -0.460 e. The van der Waals surface area contributed by atoms with Gasteiger partial charge >= 0.3 is 5.97 Å². The van der Waals surface area contributed by atoms with Gasteiger partial charge in [0.1, 0.15) is 6.10 Å². The molecule has 5 N–H and O–H groups in total. The zero-order valence-electron chi connectivity index (χ0n) is 25.9. The predicted octanol–water partition coefficient (Wildman–Crippen LogP) is 2.86. The number of unbranched alkanes of at least 4 members (excludes halogenated alkanes) is 10. The van der Waals surface area contributed by atoms with E-state index in [1.165, 1.54) is 64.5 Å². The van der Waals surface area contributed by atoms with Crippen molar-refractivity contribution < 1.29 is 33.8 Å². The molecule has 5 atom stereocenters. The van der Waals surface area contributed by atoms with Gasteiger partial charge in [-0.2, -0.15) is 0 Å². The van der Waals surface area contributed by atoms with Crippen molar-refractivity contribution in [3.63, 3.8) is 0 Å². The number of esters is 1. The van der Waals surface area contributed by atoms with Crippen LogP contribution < -0.4 is 16.4 Å². The van der Waals surface area contributed by atoms with E-state index in [1.807, 2.05) is 6.92 Å². The second kappa shape index (κ2) is 19.8. The number of hydrogen-bond acceptors (Lipinski definition) is 7. The largest absolute Gasteiger partial charge is 0.460 e. The summed E-state index contributed by atoms with van der Waals surface area (Å²) < 4.78 is 5.73. The zero-order chi connectivity index (χ0) is 31.7. The fourth-order valence-electron chi connectivity index (χ4n) is 4.92. The van der Waals surface area contributed by atoms with E-state index >= 15 is 0 Å². The lowest BCUT2D eigenvalue weighted by Gasteiger charge is -2.31. The number of carbonyl (C=O) groups excluding carboxylic acids is 5. The molecule has 0 aromatic carbocycles. The highest BCUT2D eigenvalue weighted by molar-refractivity contribution is 5.95. The minimum atomic E-state index is -2.08. The van der Waals surface area contributed by atoms with Crippen LogP contribution in [0.1, 0.15) is 97.8 Å². The maximum atomic E-state index is 13.2. The number of carbonyl (C=O) groups is 5. The normalized spacial score (nSPS) is 22.5. The van der Waals surface area contributed by atoms with Crippen molar-refractivity contribution >= 4 is 29.6 Å². The molecule has 238 valence electrons. The highest BCUT2D eigenvalue weighted by Gasteiger charge is 2.39. The molecule has 1 aliphatic heterocycles. The van der Waals surface area contributed by atoms with Gasteiger partial charge in [-0.05, 0) is 18.4 Å². The first-order valence-electron chi connectivity index (χ1n) is 15.3. The third-order valence-corrected chi connectivity index (χ3v) is 7.63. The summed E-state index contributed by atoms with van der Waals surface area (Å²) in [7, 11) is 1.35. The van der Waals surface area contributed by atoms with Gasteiger partial charge in [0.05, 0.1) is 12.5 Å². The van der Waals surface area contributed by atoms with Crippen LogP contribution in [0, 0.1) is 11.8 Å². The Morgan fingerprint density at radius 1 is 1.05 bits per heavy atom. The molecule has 11 nitrogen and oxygen atoms in total. The Morgan fingerprint density at radius 2 is 1.60 bits per heavy atom. The number of rotatable bonds is 15. The summed E-state index contributed by atoms with van der Waals surface area (Å²) in [5.74, 6) is -5.34. The summed E-state index contributed by atoms with van der Waals surface area (Å²) in [5.41, 5.74) is 5.37. The van der Waals surface area contributed by atoms with Gasteiger partial charge in [0, 0.05) is 18.8 Å². The van der Waals surface area contributed by atoms with Gasteiger partial charge < -0.3 is 31.1 Å². The summed E-state index contributed by atoms with van der Waals surface area (Å²) >= 11 is 0. The Morgan fingerprint density at radius 3 is 2.14 bits per heavy atom. The third kappa shape index (κ3) is 13.6. The van der Waals surface area contributed by atoms with Crippen molar-refractivity contribution in [2.24, 2.45) is 17.6 Å². The maximum Gasteiger partial charge on any atom is 0.332 e. The van der Waals surface area contributed by atoms with Crippen molar-refractivity contribution in [1.29, 1.82) is 0 Å². The van der Waals surface area contributed by atoms with Crippen molar-refractivity contribution in [3.8, 4) is 0 Å². The van der Waals surface area contributed by atoms with E-state index in [1.54, 1.807) is 6.92 Å². The maximum absolute atomic E-state index is 13.2. The number of primary amides is 1. The van der Waals surface area contributed by atoms with Crippen LogP contribution >= 0.6 is 0 Å². The summed E-state index contributed by atoms with van der Waals surface area (Å²) in [6, 6.07) is -1.82. The molecule has 11 heteroatoms.